The Bertz CT molecular complexity index is 1790. The zero-order chi connectivity index (χ0) is 58.3. The number of ether oxygens (including phenoxy) is 5. The maximum absolute atomic E-state index is 11.9. The van der Waals surface area contributed by atoms with Crippen molar-refractivity contribution in [3.8, 4) is 0 Å². The van der Waals surface area contributed by atoms with Gasteiger partial charge in [0.1, 0.15) is 28.5 Å². The van der Waals surface area contributed by atoms with Crippen LogP contribution in [0.1, 0.15) is 282 Å². The van der Waals surface area contributed by atoms with Crippen LogP contribution in [0.25, 0.3) is 0 Å². The van der Waals surface area contributed by atoms with Crippen molar-refractivity contribution in [3.05, 3.63) is 29.6 Å². The Hall–Kier alpha value is 2.22. The molecule has 0 saturated heterocycles. The Labute approximate surface area is 618 Å². The van der Waals surface area contributed by atoms with Crippen LogP contribution in [-0.4, -0.2) is 58.4 Å². The van der Waals surface area contributed by atoms with Gasteiger partial charge in [-0.3, -0.25) is 53.6 Å². The van der Waals surface area contributed by atoms with Crippen LogP contribution in [0.4, 0.5) is 0 Å². The summed E-state index contributed by atoms with van der Waals surface area (Å²) in [6.07, 6.45) is 17.4. The molecule has 0 heterocycles. The van der Waals surface area contributed by atoms with E-state index in [2.05, 4.69) is 96.9 Å². The zero-order valence-electron chi connectivity index (χ0n) is 56.0. The van der Waals surface area contributed by atoms with Crippen molar-refractivity contribution in [2.45, 2.75) is 311 Å². The fourth-order valence-corrected chi connectivity index (χ4v) is 11.3. The molecule has 5 aliphatic carbocycles. The van der Waals surface area contributed by atoms with Gasteiger partial charge in [-0.1, -0.05) is 111 Å². The summed E-state index contributed by atoms with van der Waals surface area (Å²) in [5.74, 6) is 6.01. The van der Waals surface area contributed by atoms with E-state index in [0.29, 0.717) is 29.6 Å². The first-order valence-corrected chi connectivity index (χ1v) is 29.6. The Morgan fingerprint density at radius 3 is 1.14 bits per heavy atom. The molecule has 0 aromatic rings. The number of hydrogen-bond donors (Lipinski definition) is 0. The van der Waals surface area contributed by atoms with Gasteiger partial charge in [0.15, 0.2) is 29.8 Å². The second kappa shape index (κ2) is 40.1. The maximum atomic E-state index is 11.9. The molecule has 5 rings (SSSR count). The Morgan fingerprint density at radius 2 is 0.800 bits per heavy atom. The third kappa shape index (κ3) is 26.4. The van der Waals surface area contributed by atoms with Crippen LogP contribution in [0.5, 0.6) is 0 Å². The summed E-state index contributed by atoms with van der Waals surface area (Å²) >= 11 is 0. The van der Waals surface area contributed by atoms with E-state index in [0.717, 1.165) is 113 Å². The SMILES string of the molecule is CC[C-](C)C(=O)OC1(C)C(C)CC(C)C1C.CC[C-](C)C(=O)OC1(C)C(C)CCC1(C)C.CC[C-](C)C(=O)OC1(C)CCCC1.CC[C-](C)C(=O)OC1(C)CCCC1C.CC[C-](C)C(=O)OC1C(C)(C)CCC1(C)C.[Y].[Y].[Y].[Y].[Y]. The zero-order valence-corrected chi connectivity index (χ0v) is 70.1. The normalized spacial score (nSPS) is 27.6. The molecule has 0 spiro atoms. The van der Waals surface area contributed by atoms with E-state index >= 15 is 0 Å². The summed E-state index contributed by atoms with van der Waals surface area (Å²) in [4.78, 5) is 58.7. The van der Waals surface area contributed by atoms with Gasteiger partial charge in [-0.25, -0.2) is 0 Å². The van der Waals surface area contributed by atoms with Crippen LogP contribution in [0.3, 0.4) is 0 Å². The first kappa shape index (κ1) is 91.0. The number of esters is 5. The van der Waals surface area contributed by atoms with Gasteiger partial charge in [-0.05, 0) is 134 Å². The molecule has 0 bridgehead atoms. The van der Waals surface area contributed by atoms with Gasteiger partial charge in [0.05, 0.1) is 0 Å². The van der Waals surface area contributed by atoms with Gasteiger partial charge in [-0.15, -0.1) is 0 Å². The Kier molecular flexibility index (Phi) is 45.6. The van der Waals surface area contributed by atoms with Gasteiger partial charge >= 0.3 is 0 Å². The topological polar surface area (TPSA) is 132 Å². The first-order chi connectivity index (χ1) is 34.3. The van der Waals surface area contributed by atoms with Crippen LogP contribution >= 0.6 is 0 Å². The minimum atomic E-state index is -0.319. The molecule has 5 aliphatic rings. The van der Waals surface area contributed by atoms with Gasteiger partial charge < -0.3 is 23.7 Å². The number of rotatable bonds is 15. The van der Waals surface area contributed by atoms with Crippen molar-refractivity contribution in [3.63, 3.8) is 0 Å². The van der Waals surface area contributed by atoms with E-state index < -0.39 is 0 Å². The standard InChI is InChI=1S/3C14H25O2.C12H21O2.C11H19O2.5Y/c1-7-10(2)11(15)16-12-13(3,4)8-9-14(12,5)6;1-7-10(2)12(15)16-14(6)11(3)8-9-13(14,4)5;1-7-9(2)13(15)16-14(6)11(4)8-10(3)12(14)5;1-5-9(2)11(13)14-12(4)8-6-7-10(12)3;1-4-9(2)10(12)13-11(3)7-5-6-8-11;;;;;/h12H,7-9H2,1-6H3;11H,7-9H2,1-6H3;10-12H,7-8H2,1-6H3;10H,5-8H2,1-4H3;4-8H2,1-3H3;;;;;/q5*-1;;;;;. The molecule has 455 valence electrons. The number of hydrogen-bond acceptors (Lipinski definition) is 10. The van der Waals surface area contributed by atoms with E-state index in [1.165, 1.54) is 25.7 Å². The molecule has 0 N–H and O–H groups in total. The fourth-order valence-electron chi connectivity index (χ4n) is 11.3. The molecule has 10 nitrogen and oxygen atoms in total. The molecule has 5 fully saturated rings. The van der Waals surface area contributed by atoms with Crippen molar-refractivity contribution >= 4 is 29.8 Å². The van der Waals surface area contributed by atoms with Crippen LogP contribution in [0.15, 0.2) is 0 Å². The summed E-state index contributed by atoms with van der Waals surface area (Å²) in [6, 6.07) is 0. The maximum Gasteiger partial charge on any atom is 0.170 e. The summed E-state index contributed by atoms with van der Waals surface area (Å²) in [7, 11) is 0. The van der Waals surface area contributed by atoms with Crippen molar-refractivity contribution in [1.82, 2.24) is 0 Å². The summed E-state index contributed by atoms with van der Waals surface area (Å²) in [5.41, 5.74) is -0.703. The molecule has 0 aliphatic heterocycles. The third-order valence-corrected chi connectivity index (χ3v) is 19.7. The largest absolute Gasteiger partial charge is 0.484 e. The number of carbonyl (C=O) groups is 5. The van der Waals surface area contributed by atoms with Crippen molar-refractivity contribution in [1.29, 1.82) is 0 Å². The van der Waals surface area contributed by atoms with E-state index in [1.54, 1.807) is 0 Å². The third-order valence-electron chi connectivity index (χ3n) is 19.7. The van der Waals surface area contributed by atoms with E-state index in [9.17, 15) is 24.0 Å². The van der Waals surface area contributed by atoms with E-state index in [4.69, 9.17) is 23.7 Å². The molecular formula is C65H115O10Y5-5. The second-order valence-electron chi connectivity index (χ2n) is 26.8. The molecule has 80 heavy (non-hydrogen) atoms. The van der Waals surface area contributed by atoms with Crippen molar-refractivity contribution in [2.24, 2.45) is 45.8 Å². The average Bonchev–Trinajstić information content (AvgIpc) is 4.08. The number of carbonyl (C=O) groups excluding carboxylic acids is 5. The molecule has 8 atom stereocenters. The second-order valence-corrected chi connectivity index (χ2v) is 26.8. The summed E-state index contributed by atoms with van der Waals surface area (Å²) in [6.45, 7) is 51.7. The van der Waals surface area contributed by atoms with E-state index in [-0.39, 0.29) is 238 Å². The molecular weight excluding hydrogens is 1390 g/mol. The monoisotopic (exact) mass is 1500 g/mol. The van der Waals surface area contributed by atoms with Gasteiger partial charge in [0.25, 0.3) is 0 Å². The van der Waals surface area contributed by atoms with Crippen LogP contribution in [0, 0.1) is 75.4 Å². The smallest absolute Gasteiger partial charge is 0.170 e. The summed E-state index contributed by atoms with van der Waals surface area (Å²) in [5, 5.41) is 0. The minimum Gasteiger partial charge on any atom is -0.484 e. The molecule has 5 radical (unpaired) electrons. The first-order valence-electron chi connectivity index (χ1n) is 29.6. The Morgan fingerprint density at radius 1 is 0.425 bits per heavy atom. The summed E-state index contributed by atoms with van der Waals surface area (Å²) < 4.78 is 28.4. The van der Waals surface area contributed by atoms with Gasteiger partial charge in [0.2, 0.25) is 0 Å². The fraction of sp³-hybridized carbons (Fsp3) is 0.846. The molecule has 0 amide bonds. The van der Waals surface area contributed by atoms with Crippen LogP contribution in [0.2, 0.25) is 0 Å². The predicted molar refractivity (Wildman–Crippen MR) is 306 cm³/mol. The molecule has 5 saturated carbocycles. The molecule has 8 unspecified atom stereocenters. The van der Waals surface area contributed by atoms with E-state index in [1.807, 2.05) is 76.2 Å². The van der Waals surface area contributed by atoms with Crippen molar-refractivity contribution < 1.29 is 211 Å². The van der Waals surface area contributed by atoms with Gasteiger partial charge in [-0.2, -0.15) is 66.7 Å². The predicted octanol–water partition coefficient (Wildman–Crippen LogP) is 17.1. The van der Waals surface area contributed by atoms with Crippen LogP contribution < -0.4 is 0 Å². The quantitative estimate of drug-likeness (QED) is 0.0887. The average molecular weight is 1500 g/mol. The Balaban J connectivity index is -0.000000289. The van der Waals surface area contributed by atoms with Crippen molar-refractivity contribution in [2.75, 3.05) is 0 Å². The molecule has 0 aromatic carbocycles. The van der Waals surface area contributed by atoms with Crippen LogP contribution in [-0.2, 0) is 211 Å². The molecule has 0 aromatic heterocycles. The molecule has 15 heteroatoms. The van der Waals surface area contributed by atoms with Gasteiger partial charge in [0, 0.05) is 180 Å². The minimum absolute atomic E-state index is 0.